The van der Waals surface area contributed by atoms with Crippen molar-refractivity contribution in [3.8, 4) is 17.1 Å². The number of fused-ring (bicyclic) bond motifs is 3. The molecule has 3 heterocycles. The number of aryl methyl sites for hydroxylation is 2. The molecule has 0 spiro atoms. The van der Waals surface area contributed by atoms with E-state index in [-0.39, 0.29) is 17.9 Å². The van der Waals surface area contributed by atoms with Crippen LogP contribution in [0.2, 0.25) is 0 Å². The lowest BCUT2D eigenvalue weighted by Gasteiger charge is -2.10. The highest BCUT2D eigenvalue weighted by Gasteiger charge is 2.20. The van der Waals surface area contributed by atoms with E-state index in [1.165, 1.54) is 15.6 Å². The Labute approximate surface area is 180 Å². The maximum atomic E-state index is 12.9. The molecular weight excluding hydrogens is 418 g/mol. The van der Waals surface area contributed by atoms with Crippen molar-refractivity contribution >= 4 is 27.4 Å². The average molecular weight is 437 g/mol. The van der Waals surface area contributed by atoms with E-state index in [1.807, 2.05) is 12.1 Å². The number of nitro groups is 1. The smallest absolute Gasteiger partial charge is 0.389 e. The van der Waals surface area contributed by atoms with Gasteiger partial charge in [-0.15, -0.1) is 11.3 Å². The fourth-order valence-electron chi connectivity index (χ4n) is 4.06. The Morgan fingerprint density at radius 3 is 2.90 bits per heavy atom. The summed E-state index contributed by atoms with van der Waals surface area (Å²) in [6, 6.07) is 6.85. The van der Waals surface area contributed by atoms with Crippen molar-refractivity contribution in [2.45, 2.75) is 32.2 Å². The maximum absolute atomic E-state index is 12.9. The second kappa shape index (κ2) is 7.62. The van der Waals surface area contributed by atoms with Gasteiger partial charge in [-0.2, -0.15) is 4.68 Å². The quantitative estimate of drug-likeness (QED) is 0.376. The zero-order valence-electron chi connectivity index (χ0n) is 16.8. The minimum Gasteiger partial charge on any atom is -0.496 e. The number of hydrogen-bond donors (Lipinski definition) is 1. The summed E-state index contributed by atoms with van der Waals surface area (Å²) in [5, 5.41) is 15.6. The second-order valence-electron chi connectivity index (χ2n) is 7.46. The Hall–Kier alpha value is -3.53. The lowest BCUT2D eigenvalue weighted by molar-refractivity contribution is -0.389. The summed E-state index contributed by atoms with van der Waals surface area (Å²) in [5.41, 5.74) is 2.55. The van der Waals surface area contributed by atoms with E-state index in [0.717, 1.165) is 52.6 Å². The zero-order chi connectivity index (χ0) is 21.5. The van der Waals surface area contributed by atoms with Gasteiger partial charge in [0.05, 0.1) is 36.4 Å². The number of H-pyrrole nitrogens is 1. The molecule has 31 heavy (non-hydrogen) atoms. The summed E-state index contributed by atoms with van der Waals surface area (Å²) in [6.07, 6.45) is 5.74. The number of nitrogens with zero attached hydrogens (tertiary/aromatic N) is 4. The lowest BCUT2D eigenvalue weighted by Crippen LogP contribution is -2.11. The Kier molecular flexibility index (Phi) is 4.78. The molecule has 1 aliphatic carbocycles. The summed E-state index contributed by atoms with van der Waals surface area (Å²) in [4.78, 5) is 33.0. The second-order valence-corrected chi connectivity index (χ2v) is 8.54. The number of methoxy groups -OCH3 is 1. The molecule has 1 aromatic carbocycles. The van der Waals surface area contributed by atoms with E-state index < -0.39 is 4.92 Å². The number of thiophene rings is 1. The van der Waals surface area contributed by atoms with E-state index in [4.69, 9.17) is 9.72 Å². The van der Waals surface area contributed by atoms with Gasteiger partial charge in [-0.1, -0.05) is 0 Å². The molecule has 3 aromatic heterocycles. The number of nitrogens with one attached hydrogen (secondary N) is 1. The molecule has 158 valence electrons. The predicted octanol–water partition coefficient (Wildman–Crippen LogP) is 3.69. The molecule has 4 aromatic rings. The van der Waals surface area contributed by atoms with Crippen molar-refractivity contribution in [1.82, 2.24) is 19.7 Å². The monoisotopic (exact) mass is 437 g/mol. The molecule has 0 amide bonds. The minimum atomic E-state index is -0.533. The minimum absolute atomic E-state index is 0.112. The van der Waals surface area contributed by atoms with Crippen LogP contribution in [-0.4, -0.2) is 31.8 Å². The van der Waals surface area contributed by atoms with Crippen molar-refractivity contribution in [3.63, 3.8) is 0 Å². The van der Waals surface area contributed by atoms with Crippen LogP contribution in [0.25, 0.3) is 21.6 Å². The highest BCUT2D eigenvalue weighted by atomic mass is 32.1. The molecule has 0 fully saturated rings. The summed E-state index contributed by atoms with van der Waals surface area (Å²) in [6.45, 7) is 0.282. The Morgan fingerprint density at radius 2 is 2.13 bits per heavy atom. The topological polar surface area (TPSA) is 116 Å². The first-order chi connectivity index (χ1) is 15.0. The van der Waals surface area contributed by atoms with Gasteiger partial charge in [0, 0.05) is 16.0 Å². The molecule has 0 saturated heterocycles. The molecule has 0 unspecified atom stereocenters. The highest BCUT2D eigenvalue weighted by molar-refractivity contribution is 7.18. The van der Waals surface area contributed by atoms with Gasteiger partial charge in [0.2, 0.25) is 0 Å². The molecule has 1 N–H and O–H groups in total. The van der Waals surface area contributed by atoms with Crippen LogP contribution in [0.4, 0.5) is 5.82 Å². The van der Waals surface area contributed by atoms with Gasteiger partial charge in [0.1, 0.15) is 16.4 Å². The average Bonchev–Trinajstić information content (AvgIpc) is 3.38. The van der Waals surface area contributed by atoms with Crippen molar-refractivity contribution < 1.29 is 9.66 Å². The normalized spacial score (nSPS) is 13.3. The van der Waals surface area contributed by atoms with Crippen LogP contribution in [0.1, 0.15) is 28.8 Å². The van der Waals surface area contributed by atoms with Crippen LogP contribution in [0.3, 0.4) is 0 Å². The van der Waals surface area contributed by atoms with Gasteiger partial charge in [0.25, 0.3) is 5.56 Å². The van der Waals surface area contributed by atoms with Crippen LogP contribution in [-0.2, 0) is 19.4 Å². The fraction of sp³-hybridized carbons (Fsp3) is 0.286. The molecule has 10 heteroatoms. The standard InChI is InChI=1S/C21H19N5O4S/c1-30-15-7-6-12(10-13(15)11-25-9-8-17(24-25)26(28)29)19-22-20(27)18-14-4-2-3-5-16(14)31-21(18)23-19/h6-10H,2-5,11H2,1H3,(H,22,23,27). The van der Waals surface area contributed by atoms with Gasteiger partial charge in [-0.3, -0.25) is 4.79 Å². The first kappa shape index (κ1) is 19.4. The van der Waals surface area contributed by atoms with E-state index in [1.54, 1.807) is 30.7 Å². The van der Waals surface area contributed by atoms with Crippen molar-refractivity contribution in [2.75, 3.05) is 7.11 Å². The first-order valence-electron chi connectivity index (χ1n) is 9.93. The summed E-state index contributed by atoms with van der Waals surface area (Å²) >= 11 is 1.61. The van der Waals surface area contributed by atoms with Crippen molar-refractivity contribution in [3.05, 3.63) is 66.9 Å². The van der Waals surface area contributed by atoms with Crippen LogP contribution >= 0.6 is 11.3 Å². The van der Waals surface area contributed by atoms with Crippen LogP contribution in [0.15, 0.2) is 35.3 Å². The van der Waals surface area contributed by atoms with E-state index in [0.29, 0.717) is 11.6 Å². The highest BCUT2D eigenvalue weighted by Crippen LogP contribution is 2.34. The number of ether oxygens (including phenoxy) is 1. The van der Waals surface area contributed by atoms with E-state index in [9.17, 15) is 14.9 Å². The van der Waals surface area contributed by atoms with Crippen LogP contribution < -0.4 is 10.3 Å². The molecule has 0 radical (unpaired) electrons. The van der Waals surface area contributed by atoms with Gasteiger partial charge >= 0.3 is 5.82 Å². The number of aromatic amines is 1. The summed E-state index contributed by atoms with van der Waals surface area (Å²) in [5.74, 6) is 0.900. The number of rotatable bonds is 5. The zero-order valence-corrected chi connectivity index (χ0v) is 17.6. The third kappa shape index (κ3) is 3.48. The lowest BCUT2D eigenvalue weighted by atomic mass is 9.97. The molecule has 0 bridgehead atoms. The Bertz CT molecular complexity index is 1370. The third-order valence-electron chi connectivity index (χ3n) is 5.52. The van der Waals surface area contributed by atoms with Gasteiger partial charge in [-0.05, 0) is 54.4 Å². The Morgan fingerprint density at radius 1 is 1.29 bits per heavy atom. The van der Waals surface area contributed by atoms with Crippen molar-refractivity contribution in [2.24, 2.45) is 0 Å². The largest absolute Gasteiger partial charge is 0.496 e. The first-order valence-corrected chi connectivity index (χ1v) is 10.7. The molecule has 0 atom stereocenters. The fourth-order valence-corrected chi connectivity index (χ4v) is 5.32. The predicted molar refractivity (Wildman–Crippen MR) is 117 cm³/mol. The molecule has 9 nitrogen and oxygen atoms in total. The molecule has 0 saturated carbocycles. The SMILES string of the molecule is COc1ccc(-c2nc3sc4c(c3c(=O)[nH]2)CCCC4)cc1Cn1ccc([N+](=O)[O-])n1. The maximum Gasteiger partial charge on any atom is 0.389 e. The molecule has 0 aliphatic heterocycles. The molecular formula is C21H19N5O4S. The van der Waals surface area contributed by atoms with Gasteiger partial charge < -0.3 is 19.8 Å². The van der Waals surface area contributed by atoms with Gasteiger partial charge in [-0.25, -0.2) is 4.98 Å². The van der Waals surface area contributed by atoms with Crippen LogP contribution in [0.5, 0.6) is 5.75 Å². The van der Waals surface area contributed by atoms with Crippen LogP contribution in [0, 0.1) is 10.1 Å². The van der Waals surface area contributed by atoms with E-state index >= 15 is 0 Å². The summed E-state index contributed by atoms with van der Waals surface area (Å²) < 4.78 is 6.93. The molecule has 1 aliphatic rings. The number of aromatic nitrogens is 4. The molecule has 5 rings (SSSR count). The third-order valence-corrected chi connectivity index (χ3v) is 6.71. The number of benzene rings is 1. The van der Waals surface area contributed by atoms with Gasteiger partial charge in [0.15, 0.2) is 0 Å². The van der Waals surface area contributed by atoms with E-state index in [2.05, 4.69) is 10.1 Å². The van der Waals surface area contributed by atoms with Crippen molar-refractivity contribution in [1.29, 1.82) is 0 Å². The number of hydrogen-bond acceptors (Lipinski definition) is 7. The summed E-state index contributed by atoms with van der Waals surface area (Å²) in [7, 11) is 1.56. The Balaban J connectivity index is 1.55.